The van der Waals surface area contributed by atoms with Crippen LogP contribution in [0.15, 0.2) is 65.4 Å². The Hall–Kier alpha value is -3.08. The summed E-state index contributed by atoms with van der Waals surface area (Å²) in [6.45, 7) is 2.67. The third kappa shape index (κ3) is 2.68. The lowest BCUT2D eigenvalue weighted by Gasteiger charge is -2.06. The van der Waals surface area contributed by atoms with Gasteiger partial charge in [-0.25, -0.2) is 9.50 Å². The molecule has 1 N–H and O–H groups in total. The zero-order valence-corrected chi connectivity index (χ0v) is 12.7. The summed E-state index contributed by atoms with van der Waals surface area (Å²) >= 11 is 0. The van der Waals surface area contributed by atoms with E-state index in [4.69, 9.17) is 4.42 Å². The third-order valence-corrected chi connectivity index (χ3v) is 3.73. The van der Waals surface area contributed by atoms with E-state index in [1.807, 2.05) is 35.0 Å². The van der Waals surface area contributed by atoms with E-state index in [1.165, 1.54) is 5.56 Å². The molecule has 0 fully saturated rings. The Kier molecular flexibility index (Phi) is 3.31. The fraction of sp³-hybridized carbons (Fsp3) is 0.111. The van der Waals surface area contributed by atoms with Crippen LogP contribution in [-0.4, -0.2) is 14.6 Å². The molecule has 0 spiro atoms. The number of nitrogens with one attached hydrogen (secondary N) is 1. The van der Waals surface area contributed by atoms with E-state index in [0.29, 0.717) is 6.54 Å². The molecular formula is C18H16N4O. The number of aromatic nitrogens is 3. The summed E-state index contributed by atoms with van der Waals surface area (Å²) in [5.74, 6) is 1.65. The summed E-state index contributed by atoms with van der Waals surface area (Å²) in [6.07, 6.45) is 3.52. The number of fused-ring (bicyclic) bond motifs is 1. The number of hydrogen-bond donors (Lipinski definition) is 1. The van der Waals surface area contributed by atoms with Crippen LogP contribution in [0.2, 0.25) is 0 Å². The fourth-order valence-corrected chi connectivity index (χ4v) is 2.48. The molecule has 114 valence electrons. The number of rotatable bonds is 4. The Morgan fingerprint density at radius 3 is 2.74 bits per heavy atom. The molecule has 4 rings (SSSR count). The molecule has 0 bridgehead atoms. The van der Waals surface area contributed by atoms with E-state index in [-0.39, 0.29) is 0 Å². The molecule has 1 aromatic carbocycles. The molecular weight excluding hydrogens is 288 g/mol. The van der Waals surface area contributed by atoms with Crippen molar-refractivity contribution in [3.8, 4) is 11.3 Å². The molecule has 5 nitrogen and oxygen atoms in total. The zero-order valence-electron chi connectivity index (χ0n) is 12.7. The predicted octanol–water partition coefficient (Wildman–Crippen LogP) is 3.91. The lowest BCUT2D eigenvalue weighted by molar-refractivity contribution is 0.517. The fourth-order valence-electron chi connectivity index (χ4n) is 2.48. The van der Waals surface area contributed by atoms with Gasteiger partial charge in [0.15, 0.2) is 5.65 Å². The number of benzene rings is 1. The predicted molar refractivity (Wildman–Crippen MR) is 89.2 cm³/mol. The van der Waals surface area contributed by atoms with Gasteiger partial charge in [-0.2, -0.15) is 0 Å². The Balaban J connectivity index is 1.67. The SMILES string of the molecule is Cc1ccc(-c2cnc3ccc(NCc4ccco4)nn23)cc1. The normalized spacial score (nSPS) is 11.0. The van der Waals surface area contributed by atoms with Gasteiger partial charge in [-0.05, 0) is 31.2 Å². The van der Waals surface area contributed by atoms with Crippen LogP contribution >= 0.6 is 0 Å². The lowest BCUT2D eigenvalue weighted by atomic mass is 10.1. The maximum absolute atomic E-state index is 5.32. The smallest absolute Gasteiger partial charge is 0.154 e. The van der Waals surface area contributed by atoms with Crippen molar-refractivity contribution in [2.75, 3.05) is 5.32 Å². The molecule has 0 atom stereocenters. The average Bonchev–Trinajstić information content (AvgIpc) is 3.23. The van der Waals surface area contributed by atoms with Crippen LogP contribution < -0.4 is 5.32 Å². The van der Waals surface area contributed by atoms with Gasteiger partial charge < -0.3 is 9.73 Å². The molecule has 0 aliphatic heterocycles. The first-order valence-corrected chi connectivity index (χ1v) is 7.48. The van der Waals surface area contributed by atoms with Crippen molar-refractivity contribution in [3.05, 3.63) is 72.3 Å². The summed E-state index contributed by atoms with van der Waals surface area (Å²) < 4.78 is 7.18. The van der Waals surface area contributed by atoms with Crippen molar-refractivity contribution in [3.63, 3.8) is 0 Å². The van der Waals surface area contributed by atoms with Crippen LogP contribution in [0.25, 0.3) is 16.9 Å². The van der Waals surface area contributed by atoms with Gasteiger partial charge >= 0.3 is 0 Å². The van der Waals surface area contributed by atoms with E-state index in [1.54, 1.807) is 6.26 Å². The van der Waals surface area contributed by atoms with Crippen LogP contribution in [0.4, 0.5) is 5.82 Å². The van der Waals surface area contributed by atoms with Crippen LogP contribution in [-0.2, 0) is 6.54 Å². The van der Waals surface area contributed by atoms with E-state index in [9.17, 15) is 0 Å². The van der Waals surface area contributed by atoms with Crippen LogP contribution in [0.1, 0.15) is 11.3 Å². The number of imidazole rings is 1. The van der Waals surface area contributed by atoms with Gasteiger partial charge in [-0.1, -0.05) is 29.8 Å². The van der Waals surface area contributed by atoms with Crippen LogP contribution in [0.3, 0.4) is 0 Å². The van der Waals surface area contributed by atoms with Gasteiger partial charge in [0.25, 0.3) is 0 Å². The second-order valence-corrected chi connectivity index (χ2v) is 5.43. The van der Waals surface area contributed by atoms with Crippen molar-refractivity contribution >= 4 is 11.5 Å². The van der Waals surface area contributed by atoms with Gasteiger partial charge in [-0.15, -0.1) is 5.10 Å². The van der Waals surface area contributed by atoms with E-state index in [0.717, 1.165) is 28.5 Å². The zero-order chi connectivity index (χ0) is 15.6. The number of nitrogens with zero attached hydrogens (tertiary/aromatic N) is 3. The highest BCUT2D eigenvalue weighted by molar-refractivity contribution is 5.63. The Bertz CT molecular complexity index is 923. The Morgan fingerprint density at radius 1 is 1.09 bits per heavy atom. The average molecular weight is 304 g/mol. The number of furan rings is 1. The molecule has 5 heteroatoms. The van der Waals surface area contributed by atoms with Gasteiger partial charge in [-0.3, -0.25) is 0 Å². The third-order valence-electron chi connectivity index (χ3n) is 3.73. The van der Waals surface area contributed by atoms with Crippen molar-refractivity contribution in [1.82, 2.24) is 14.6 Å². The summed E-state index contributed by atoms with van der Waals surface area (Å²) in [5, 5.41) is 7.90. The largest absolute Gasteiger partial charge is 0.467 e. The second kappa shape index (κ2) is 5.61. The maximum atomic E-state index is 5.32. The minimum Gasteiger partial charge on any atom is -0.467 e. The lowest BCUT2D eigenvalue weighted by Crippen LogP contribution is -2.04. The van der Waals surface area contributed by atoms with Crippen molar-refractivity contribution in [2.24, 2.45) is 0 Å². The van der Waals surface area contributed by atoms with Crippen molar-refractivity contribution in [1.29, 1.82) is 0 Å². The summed E-state index contributed by atoms with van der Waals surface area (Å²) in [7, 11) is 0. The molecule has 0 unspecified atom stereocenters. The molecule has 0 aliphatic carbocycles. The standard InChI is InChI=1S/C18H16N4O/c1-13-4-6-14(7-5-13)16-12-20-18-9-8-17(21-22(16)18)19-11-15-3-2-10-23-15/h2-10,12H,11H2,1H3,(H,19,21). The molecule has 0 amide bonds. The maximum Gasteiger partial charge on any atom is 0.154 e. The number of anilines is 1. The van der Waals surface area contributed by atoms with E-state index >= 15 is 0 Å². The molecule has 0 saturated heterocycles. The van der Waals surface area contributed by atoms with E-state index in [2.05, 4.69) is 46.6 Å². The number of hydrogen-bond acceptors (Lipinski definition) is 4. The minimum absolute atomic E-state index is 0.597. The minimum atomic E-state index is 0.597. The molecule has 0 radical (unpaired) electrons. The highest BCUT2D eigenvalue weighted by Gasteiger charge is 2.08. The second-order valence-electron chi connectivity index (χ2n) is 5.43. The first-order chi connectivity index (χ1) is 11.3. The monoisotopic (exact) mass is 304 g/mol. The van der Waals surface area contributed by atoms with Crippen molar-refractivity contribution in [2.45, 2.75) is 13.5 Å². The highest BCUT2D eigenvalue weighted by Crippen LogP contribution is 2.21. The van der Waals surface area contributed by atoms with Gasteiger partial charge in [0.1, 0.15) is 11.6 Å². The van der Waals surface area contributed by atoms with Gasteiger partial charge in [0.2, 0.25) is 0 Å². The first-order valence-electron chi connectivity index (χ1n) is 7.48. The van der Waals surface area contributed by atoms with Gasteiger partial charge in [0, 0.05) is 5.56 Å². The summed E-state index contributed by atoms with van der Waals surface area (Å²) in [5.41, 5.74) is 4.13. The quantitative estimate of drug-likeness (QED) is 0.621. The first kappa shape index (κ1) is 13.6. The molecule has 23 heavy (non-hydrogen) atoms. The molecule has 3 aromatic heterocycles. The summed E-state index contributed by atoms with van der Waals surface area (Å²) in [4.78, 5) is 4.42. The van der Waals surface area contributed by atoms with Crippen LogP contribution in [0.5, 0.6) is 0 Å². The molecule has 0 aliphatic rings. The van der Waals surface area contributed by atoms with Crippen LogP contribution in [0, 0.1) is 6.92 Å². The topological polar surface area (TPSA) is 55.4 Å². The molecule has 3 heterocycles. The highest BCUT2D eigenvalue weighted by atomic mass is 16.3. The van der Waals surface area contributed by atoms with Crippen molar-refractivity contribution < 1.29 is 4.42 Å². The van der Waals surface area contributed by atoms with Gasteiger partial charge in [0.05, 0.1) is 24.7 Å². The van der Waals surface area contributed by atoms with E-state index < -0.39 is 0 Å². The number of aryl methyl sites for hydroxylation is 1. The molecule has 4 aromatic rings. The molecule has 0 saturated carbocycles. The summed E-state index contributed by atoms with van der Waals surface area (Å²) in [6, 6.07) is 16.0. The Labute approximate surface area is 133 Å². The Morgan fingerprint density at radius 2 is 1.96 bits per heavy atom.